The summed E-state index contributed by atoms with van der Waals surface area (Å²) >= 11 is 5.93. The monoisotopic (exact) mass is 399 g/mol. The van der Waals surface area contributed by atoms with Crippen molar-refractivity contribution in [3.05, 3.63) is 58.1 Å². The van der Waals surface area contributed by atoms with Crippen LogP contribution in [0.2, 0.25) is 5.02 Å². The van der Waals surface area contributed by atoms with Gasteiger partial charge in [0, 0.05) is 35.4 Å². The van der Waals surface area contributed by atoms with E-state index in [1.54, 1.807) is 24.3 Å². The number of likely N-dealkylation sites (tertiary alicyclic amines) is 1. The molecule has 1 aliphatic rings. The number of carbonyl (C=O) groups excluding carboxylic acids is 1. The zero-order valence-corrected chi connectivity index (χ0v) is 16.1. The van der Waals surface area contributed by atoms with Crippen LogP contribution in [0.4, 0.5) is 0 Å². The third-order valence-corrected chi connectivity index (χ3v) is 5.28. The van der Waals surface area contributed by atoms with E-state index < -0.39 is 17.8 Å². The first kappa shape index (κ1) is 18.4. The summed E-state index contributed by atoms with van der Waals surface area (Å²) in [6.45, 7) is 4.08. The fourth-order valence-electron chi connectivity index (χ4n) is 3.67. The van der Waals surface area contributed by atoms with Gasteiger partial charge in [0.25, 0.3) is 11.7 Å². The fraction of sp³-hybridized carbons (Fsp3) is 0.316. The molecule has 0 bridgehead atoms. The molecule has 3 heterocycles. The average molecular weight is 400 g/mol. The van der Waals surface area contributed by atoms with E-state index in [9.17, 15) is 14.7 Å². The van der Waals surface area contributed by atoms with Crippen LogP contribution >= 0.6 is 11.6 Å². The van der Waals surface area contributed by atoms with E-state index >= 15 is 0 Å². The highest BCUT2D eigenvalue weighted by atomic mass is 35.5. The predicted molar refractivity (Wildman–Crippen MR) is 101 cm³/mol. The molecule has 8 nitrogen and oxygen atoms in total. The normalized spacial score (nSPS) is 19.3. The van der Waals surface area contributed by atoms with Crippen LogP contribution < -0.4 is 0 Å². The van der Waals surface area contributed by atoms with Crippen molar-refractivity contribution in [3.8, 4) is 0 Å². The van der Waals surface area contributed by atoms with Gasteiger partial charge in [-0.25, -0.2) is 9.50 Å². The zero-order chi connectivity index (χ0) is 20.0. The number of hydrogen-bond acceptors (Lipinski definition) is 5. The number of hydrogen-bond donors (Lipinski definition) is 1. The minimum absolute atomic E-state index is 0.0158. The van der Waals surface area contributed by atoms with Gasteiger partial charge in [-0.1, -0.05) is 23.7 Å². The zero-order valence-electron chi connectivity index (χ0n) is 15.3. The number of carboxylic acids is 1. The number of benzene rings is 1. The fourth-order valence-corrected chi connectivity index (χ4v) is 3.79. The number of aliphatic carboxylic acids is 1. The van der Waals surface area contributed by atoms with E-state index in [2.05, 4.69) is 15.1 Å². The van der Waals surface area contributed by atoms with Crippen LogP contribution in [0.5, 0.6) is 0 Å². The van der Waals surface area contributed by atoms with E-state index in [4.69, 9.17) is 11.6 Å². The topological polar surface area (TPSA) is 101 Å². The van der Waals surface area contributed by atoms with Crippen LogP contribution in [-0.4, -0.2) is 54.6 Å². The third kappa shape index (κ3) is 3.20. The largest absolute Gasteiger partial charge is 0.481 e. The van der Waals surface area contributed by atoms with E-state index in [1.165, 1.54) is 9.42 Å². The Morgan fingerprint density at radius 2 is 1.86 bits per heavy atom. The molecule has 4 rings (SSSR count). The number of halogens is 1. The van der Waals surface area contributed by atoms with Gasteiger partial charge in [0.05, 0.1) is 5.92 Å². The van der Waals surface area contributed by atoms with Crippen molar-refractivity contribution >= 4 is 29.3 Å². The average Bonchev–Trinajstić information content (AvgIpc) is 3.26. The lowest BCUT2D eigenvalue weighted by Crippen LogP contribution is -2.30. The molecule has 1 saturated heterocycles. The molecule has 0 aliphatic carbocycles. The van der Waals surface area contributed by atoms with Crippen molar-refractivity contribution < 1.29 is 14.7 Å². The second kappa shape index (κ2) is 6.87. The number of aromatic nitrogens is 4. The summed E-state index contributed by atoms with van der Waals surface area (Å²) in [5.74, 6) is -2.00. The van der Waals surface area contributed by atoms with Crippen LogP contribution in [0, 0.1) is 19.8 Å². The molecule has 1 aliphatic heterocycles. The summed E-state index contributed by atoms with van der Waals surface area (Å²) in [6, 6.07) is 8.90. The number of aryl methyl sites for hydroxylation is 2. The molecule has 28 heavy (non-hydrogen) atoms. The number of carbonyl (C=O) groups is 2. The molecular weight excluding hydrogens is 382 g/mol. The standard InChI is InChI=1S/C19H18ClN5O3/c1-10-7-11(2)25-19(21-10)22-16(23-25)17(26)24-8-14(15(9-24)18(27)28)12-3-5-13(20)6-4-12/h3-7,14-15H,8-9H2,1-2H3,(H,27,28)/t14-,15+/m0/s1. The van der Waals surface area contributed by atoms with Crippen LogP contribution in [0.3, 0.4) is 0 Å². The van der Waals surface area contributed by atoms with Gasteiger partial charge in [0.2, 0.25) is 5.82 Å². The van der Waals surface area contributed by atoms with Crippen molar-refractivity contribution in [2.45, 2.75) is 19.8 Å². The maximum absolute atomic E-state index is 13.0. The minimum atomic E-state index is -0.939. The molecule has 1 aromatic carbocycles. The molecule has 0 saturated carbocycles. The smallest absolute Gasteiger partial charge is 0.308 e. The van der Waals surface area contributed by atoms with Crippen molar-refractivity contribution in [3.63, 3.8) is 0 Å². The van der Waals surface area contributed by atoms with E-state index in [1.807, 2.05) is 19.9 Å². The Balaban J connectivity index is 1.64. The van der Waals surface area contributed by atoms with Gasteiger partial charge in [-0.2, -0.15) is 4.98 Å². The summed E-state index contributed by atoms with van der Waals surface area (Å²) in [5, 5.41) is 14.5. The SMILES string of the molecule is Cc1cc(C)n2nc(C(=O)N3C[C@@H](C(=O)O)[C@H](c4ccc(Cl)cc4)C3)nc2n1. The van der Waals surface area contributed by atoms with Gasteiger partial charge in [0.15, 0.2) is 0 Å². The van der Waals surface area contributed by atoms with Crippen LogP contribution in [-0.2, 0) is 4.79 Å². The number of rotatable bonds is 3. The molecule has 3 aromatic rings. The summed E-state index contributed by atoms with van der Waals surface area (Å²) < 4.78 is 1.52. The van der Waals surface area contributed by atoms with Gasteiger partial charge in [-0.15, -0.1) is 5.10 Å². The minimum Gasteiger partial charge on any atom is -0.481 e. The summed E-state index contributed by atoms with van der Waals surface area (Å²) in [5.41, 5.74) is 2.44. The van der Waals surface area contributed by atoms with E-state index in [0.29, 0.717) is 10.8 Å². The maximum atomic E-state index is 13.0. The number of amides is 1. The highest BCUT2D eigenvalue weighted by Gasteiger charge is 2.41. The Morgan fingerprint density at radius 3 is 2.54 bits per heavy atom. The lowest BCUT2D eigenvalue weighted by Gasteiger charge is -2.15. The molecule has 1 fully saturated rings. The highest BCUT2D eigenvalue weighted by Crippen LogP contribution is 2.34. The quantitative estimate of drug-likeness (QED) is 0.725. The maximum Gasteiger partial charge on any atom is 0.308 e. The van der Waals surface area contributed by atoms with Crippen LogP contribution in [0.25, 0.3) is 5.78 Å². The number of fused-ring (bicyclic) bond motifs is 1. The van der Waals surface area contributed by atoms with Gasteiger partial charge in [-0.05, 0) is 37.6 Å². The van der Waals surface area contributed by atoms with Gasteiger partial charge >= 0.3 is 5.97 Å². The molecule has 1 amide bonds. The number of nitrogens with zero attached hydrogens (tertiary/aromatic N) is 5. The molecule has 2 aromatic heterocycles. The Bertz CT molecular complexity index is 1080. The first-order chi connectivity index (χ1) is 13.3. The lowest BCUT2D eigenvalue weighted by molar-refractivity contribution is -0.141. The van der Waals surface area contributed by atoms with Crippen LogP contribution in [0.15, 0.2) is 30.3 Å². The molecule has 144 valence electrons. The lowest BCUT2D eigenvalue weighted by atomic mass is 9.89. The Morgan fingerprint density at radius 1 is 1.14 bits per heavy atom. The van der Waals surface area contributed by atoms with Crippen molar-refractivity contribution in [2.24, 2.45) is 5.92 Å². The molecule has 0 unspecified atom stereocenters. The Kier molecular flexibility index (Phi) is 4.50. The molecule has 0 radical (unpaired) electrons. The van der Waals surface area contributed by atoms with Gasteiger partial charge in [-0.3, -0.25) is 9.59 Å². The van der Waals surface area contributed by atoms with E-state index in [-0.39, 0.29) is 24.8 Å². The van der Waals surface area contributed by atoms with Gasteiger partial charge in [0.1, 0.15) is 0 Å². The highest BCUT2D eigenvalue weighted by molar-refractivity contribution is 6.30. The van der Waals surface area contributed by atoms with Gasteiger partial charge < -0.3 is 10.0 Å². The molecule has 2 atom stereocenters. The van der Waals surface area contributed by atoms with Crippen molar-refractivity contribution in [1.29, 1.82) is 0 Å². The third-order valence-electron chi connectivity index (χ3n) is 5.03. The second-order valence-electron chi connectivity index (χ2n) is 7.00. The van der Waals surface area contributed by atoms with Crippen molar-refractivity contribution in [1.82, 2.24) is 24.5 Å². The summed E-state index contributed by atoms with van der Waals surface area (Å²) in [4.78, 5) is 34.8. The number of carboxylic acid groups (broad SMARTS) is 1. The molecule has 1 N–H and O–H groups in total. The van der Waals surface area contributed by atoms with Crippen molar-refractivity contribution in [2.75, 3.05) is 13.1 Å². The first-order valence-corrected chi connectivity index (χ1v) is 9.20. The summed E-state index contributed by atoms with van der Waals surface area (Å²) in [7, 11) is 0. The van der Waals surface area contributed by atoms with E-state index in [0.717, 1.165) is 17.0 Å². The van der Waals surface area contributed by atoms with Crippen LogP contribution in [0.1, 0.15) is 33.5 Å². The summed E-state index contributed by atoms with van der Waals surface area (Å²) in [6.07, 6.45) is 0. The molecular formula is C19H18ClN5O3. The molecule has 9 heteroatoms. The Labute approximate surface area is 165 Å². The Hall–Kier alpha value is -3.00. The second-order valence-corrected chi connectivity index (χ2v) is 7.44. The predicted octanol–water partition coefficient (Wildman–Crippen LogP) is 2.33. The molecule has 0 spiro atoms. The first-order valence-electron chi connectivity index (χ1n) is 8.82.